The van der Waals surface area contributed by atoms with Crippen LogP contribution in [0, 0.1) is 5.82 Å². The summed E-state index contributed by atoms with van der Waals surface area (Å²) in [6, 6.07) is 7.47. The Morgan fingerprint density at radius 2 is 2.05 bits per heavy atom. The normalized spacial score (nSPS) is 10.6. The molecule has 0 aliphatic carbocycles. The van der Waals surface area contributed by atoms with Crippen molar-refractivity contribution in [3.8, 4) is 0 Å². The lowest BCUT2D eigenvalue weighted by atomic mass is 10.2. The van der Waals surface area contributed by atoms with Crippen LogP contribution in [0.1, 0.15) is 16.9 Å². The van der Waals surface area contributed by atoms with Gasteiger partial charge in [-0.05, 0) is 43.3 Å². The average Bonchev–Trinajstić information content (AvgIpc) is 2.87. The highest BCUT2D eigenvalue weighted by atomic mass is 19.1. The number of rotatable bonds is 5. The first-order valence-corrected chi connectivity index (χ1v) is 6.39. The van der Waals surface area contributed by atoms with E-state index in [-0.39, 0.29) is 11.7 Å². The first-order chi connectivity index (χ1) is 9.61. The van der Waals surface area contributed by atoms with Crippen LogP contribution in [0.2, 0.25) is 0 Å². The molecule has 2 rings (SSSR count). The maximum absolute atomic E-state index is 13.0. The quantitative estimate of drug-likeness (QED) is 0.901. The van der Waals surface area contributed by atoms with Crippen molar-refractivity contribution in [1.29, 1.82) is 0 Å². The number of hydrogen-bond donors (Lipinski definition) is 1. The van der Waals surface area contributed by atoms with Gasteiger partial charge < -0.3 is 10.6 Å². The molecule has 1 aromatic carbocycles. The van der Waals surface area contributed by atoms with Crippen LogP contribution in [-0.4, -0.2) is 28.8 Å². The minimum Gasteiger partial charge on any atom is -0.330 e. The van der Waals surface area contributed by atoms with Gasteiger partial charge in [0, 0.05) is 25.5 Å². The maximum atomic E-state index is 13.0. The molecule has 5 nitrogen and oxygen atoms in total. The van der Waals surface area contributed by atoms with E-state index in [0.717, 1.165) is 0 Å². The summed E-state index contributed by atoms with van der Waals surface area (Å²) in [6.45, 7) is 0.949. The molecule has 0 unspecified atom stereocenters. The zero-order valence-corrected chi connectivity index (χ0v) is 11.3. The summed E-state index contributed by atoms with van der Waals surface area (Å²) in [5, 5.41) is 4.10. The smallest absolute Gasteiger partial charge is 0.278 e. The van der Waals surface area contributed by atoms with Gasteiger partial charge in [0.05, 0.1) is 0 Å². The first-order valence-electron chi connectivity index (χ1n) is 6.39. The lowest BCUT2D eigenvalue weighted by Gasteiger charge is -2.21. The molecule has 106 valence electrons. The summed E-state index contributed by atoms with van der Waals surface area (Å²) in [5.41, 5.74) is 6.49. The van der Waals surface area contributed by atoms with Gasteiger partial charge in [-0.25, -0.2) is 4.39 Å². The predicted octanol–water partition coefficient (Wildman–Crippen LogP) is 1.55. The van der Waals surface area contributed by atoms with Crippen molar-refractivity contribution in [2.24, 2.45) is 12.8 Å². The maximum Gasteiger partial charge on any atom is 0.278 e. The average molecular weight is 276 g/mol. The van der Waals surface area contributed by atoms with Crippen LogP contribution in [0.4, 0.5) is 10.1 Å². The number of nitrogens with zero attached hydrogens (tertiary/aromatic N) is 3. The number of nitrogens with two attached hydrogens (primary N) is 1. The number of carbonyl (C=O) groups is 1. The van der Waals surface area contributed by atoms with Crippen molar-refractivity contribution in [1.82, 2.24) is 9.78 Å². The number of aromatic nitrogens is 2. The van der Waals surface area contributed by atoms with Gasteiger partial charge in [-0.1, -0.05) is 0 Å². The minimum atomic E-state index is -0.335. The minimum absolute atomic E-state index is 0.217. The van der Waals surface area contributed by atoms with E-state index in [0.29, 0.717) is 30.9 Å². The molecule has 0 radical (unpaired) electrons. The van der Waals surface area contributed by atoms with E-state index in [4.69, 9.17) is 5.73 Å². The molecule has 1 heterocycles. The Kier molecular flexibility index (Phi) is 4.47. The monoisotopic (exact) mass is 276 g/mol. The van der Waals surface area contributed by atoms with Gasteiger partial charge in [0.15, 0.2) is 5.69 Å². The zero-order valence-electron chi connectivity index (χ0n) is 11.3. The van der Waals surface area contributed by atoms with E-state index >= 15 is 0 Å². The highest BCUT2D eigenvalue weighted by molar-refractivity contribution is 6.04. The van der Waals surface area contributed by atoms with Crippen molar-refractivity contribution in [3.05, 3.63) is 48.0 Å². The SMILES string of the molecule is Cn1ccc(C(=O)N(CCCN)c2ccc(F)cc2)n1. The second kappa shape index (κ2) is 6.29. The van der Waals surface area contributed by atoms with Gasteiger partial charge in [0.25, 0.3) is 5.91 Å². The van der Waals surface area contributed by atoms with Crippen LogP contribution in [0.25, 0.3) is 0 Å². The molecule has 2 aromatic rings. The largest absolute Gasteiger partial charge is 0.330 e. The fourth-order valence-electron chi connectivity index (χ4n) is 1.89. The van der Waals surface area contributed by atoms with Crippen molar-refractivity contribution in [3.63, 3.8) is 0 Å². The zero-order chi connectivity index (χ0) is 14.5. The Bertz CT molecular complexity index is 579. The van der Waals surface area contributed by atoms with E-state index < -0.39 is 0 Å². The topological polar surface area (TPSA) is 64.2 Å². The highest BCUT2D eigenvalue weighted by Gasteiger charge is 2.19. The number of benzene rings is 1. The Labute approximate surface area is 116 Å². The Hall–Kier alpha value is -2.21. The molecule has 1 amide bonds. The number of anilines is 1. The number of carbonyl (C=O) groups excluding carboxylic acids is 1. The van der Waals surface area contributed by atoms with E-state index in [1.165, 1.54) is 12.1 Å². The van der Waals surface area contributed by atoms with Gasteiger partial charge in [-0.3, -0.25) is 9.48 Å². The molecule has 0 fully saturated rings. The lowest BCUT2D eigenvalue weighted by molar-refractivity contribution is 0.0981. The van der Waals surface area contributed by atoms with Crippen LogP contribution >= 0.6 is 0 Å². The molecular formula is C14H17FN4O. The highest BCUT2D eigenvalue weighted by Crippen LogP contribution is 2.17. The molecular weight excluding hydrogens is 259 g/mol. The molecule has 20 heavy (non-hydrogen) atoms. The van der Waals surface area contributed by atoms with Gasteiger partial charge in [-0.2, -0.15) is 5.10 Å². The molecule has 0 bridgehead atoms. The second-order valence-corrected chi connectivity index (χ2v) is 4.45. The standard InChI is InChI=1S/C14H17FN4O/c1-18-10-7-13(17-18)14(20)19(9-2-8-16)12-5-3-11(15)4-6-12/h3-7,10H,2,8-9,16H2,1H3. The van der Waals surface area contributed by atoms with Crippen LogP contribution in [0.5, 0.6) is 0 Å². The number of halogens is 1. The van der Waals surface area contributed by atoms with Gasteiger partial charge in [0.2, 0.25) is 0 Å². The third kappa shape index (κ3) is 3.21. The summed E-state index contributed by atoms with van der Waals surface area (Å²) >= 11 is 0. The molecule has 0 spiro atoms. The van der Waals surface area contributed by atoms with Gasteiger partial charge >= 0.3 is 0 Å². The molecule has 0 atom stereocenters. The molecule has 0 saturated carbocycles. The Morgan fingerprint density at radius 3 is 2.60 bits per heavy atom. The van der Waals surface area contributed by atoms with Crippen LogP contribution in [0.3, 0.4) is 0 Å². The third-order valence-electron chi connectivity index (χ3n) is 2.90. The molecule has 6 heteroatoms. The number of hydrogen-bond acceptors (Lipinski definition) is 3. The summed E-state index contributed by atoms with van der Waals surface area (Å²) in [4.78, 5) is 14.0. The van der Waals surface area contributed by atoms with Crippen LogP contribution in [0.15, 0.2) is 36.5 Å². The Balaban J connectivity index is 2.27. The molecule has 1 aromatic heterocycles. The van der Waals surface area contributed by atoms with Gasteiger partial charge in [0.1, 0.15) is 5.82 Å². The number of aryl methyl sites for hydroxylation is 1. The number of amides is 1. The lowest BCUT2D eigenvalue weighted by Crippen LogP contribution is -2.33. The van der Waals surface area contributed by atoms with Gasteiger partial charge in [-0.15, -0.1) is 0 Å². The van der Waals surface area contributed by atoms with Crippen molar-refractivity contribution in [2.75, 3.05) is 18.0 Å². The first kappa shape index (κ1) is 14.2. The van der Waals surface area contributed by atoms with Crippen LogP contribution in [-0.2, 0) is 7.05 Å². The Morgan fingerprint density at radius 1 is 1.35 bits per heavy atom. The summed E-state index contributed by atoms with van der Waals surface area (Å²) < 4.78 is 14.6. The fourth-order valence-corrected chi connectivity index (χ4v) is 1.89. The summed E-state index contributed by atoms with van der Waals surface area (Å²) in [7, 11) is 1.75. The third-order valence-corrected chi connectivity index (χ3v) is 2.90. The van der Waals surface area contributed by atoms with E-state index in [1.54, 1.807) is 41.0 Å². The van der Waals surface area contributed by atoms with E-state index in [9.17, 15) is 9.18 Å². The molecule has 2 N–H and O–H groups in total. The second-order valence-electron chi connectivity index (χ2n) is 4.45. The van der Waals surface area contributed by atoms with E-state index in [1.807, 2.05) is 0 Å². The molecule has 0 saturated heterocycles. The molecule has 0 aliphatic heterocycles. The predicted molar refractivity (Wildman–Crippen MR) is 75.0 cm³/mol. The molecule has 0 aliphatic rings. The summed E-state index contributed by atoms with van der Waals surface area (Å²) in [5.74, 6) is -0.552. The van der Waals surface area contributed by atoms with Crippen molar-refractivity contribution >= 4 is 11.6 Å². The van der Waals surface area contributed by atoms with Crippen molar-refractivity contribution < 1.29 is 9.18 Å². The van der Waals surface area contributed by atoms with E-state index in [2.05, 4.69) is 5.10 Å². The van der Waals surface area contributed by atoms with Crippen LogP contribution < -0.4 is 10.6 Å². The van der Waals surface area contributed by atoms with Crippen molar-refractivity contribution in [2.45, 2.75) is 6.42 Å². The summed E-state index contributed by atoms with van der Waals surface area (Å²) in [6.07, 6.45) is 2.37. The fraction of sp³-hybridized carbons (Fsp3) is 0.286.